The molecule has 0 bridgehead atoms. The van der Waals surface area contributed by atoms with Crippen molar-refractivity contribution < 1.29 is 0 Å². The molecule has 2 unspecified atom stereocenters. The van der Waals surface area contributed by atoms with Gasteiger partial charge in [0, 0.05) is 37.0 Å². The Morgan fingerprint density at radius 2 is 2.04 bits per heavy atom. The van der Waals surface area contributed by atoms with Crippen LogP contribution >= 0.6 is 11.8 Å². The van der Waals surface area contributed by atoms with E-state index in [2.05, 4.69) is 83.8 Å². The number of aliphatic imine (C=N–C) groups is 1. The van der Waals surface area contributed by atoms with Crippen molar-refractivity contribution in [2.75, 3.05) is 25.9 Å². The summed E-state index contributed by atoms with van der Waals surface area (Å²) in [4.78, 5) is 4.35. The maximum atomic E-state index is 4.35. The molecule has 1 fully saturated rings. The van der Waals surface area contributed by atoms with Crippen LogP contribution in [0, 0.1) is 0 Å². The zero-order valence-electron chi connectivity index (χ0n) is 15.4. The van der Waals surface area contributed by atoms with E-state index < -0.39 is 0 Å². The van der Waals surface area contributed by atoms with Crippen molar-refractivity contribution in [1.29, 1.82) is 0 Å². The van der Waals surface area contributed by atoms with Gasteiger partial charge in [-0.15, -0.1) is 0 Å². The number of hydrogen-bond acceptors (Lipinski definition) is 3. The van der Waals surface area contributed by atoms with Crippen molar-refractivity contribution in [3.8, 4) is 0 Å². The third kappa shape index (κ3) is 6.36. The Morgan fingerprint density at radius 3 is 2.67 bits per heavy atom. The van der Waals surface area contributed by atoms with E-state index in [0.29, 0.717) is 6.04 Å². The van der Waals surface area contributed by atoms with E-state index in [1.807, 2.05) is 7.05 Å². The van der Waals surface area contributed by atoms with Crippen molar-refractivity contribution in [2.24, 2.45) is 4.99 Å². The predicted molar refractivity (Wildman–Crippen MR) is 107 cm³/mol. The molecule has 1 aliphatic heterocycles. The maximum Gasteiger partial charge on any atom is 0.191 e. The first-order valence-corrected chi connectivity index (χ1v) is 9.94. The molecule has 1 heterocycles. The molecule has 0 spiro atoms. The second-order valence-corrected chi connectivity index (χ2v) is 8.51. The van der Waals surface area contributed by atoms with Gasteiger partial charge in [-0.05, 0) is 44.9 Å². The average molecular weight is 349 g/mol. The van der Waals surface area contributed by atoms with Crippen LogP contribution in [0.4, 0.5) is 0 Å². The number of nitrogens with zero attached hydrogens (tertiary/aromatic N) is 1. The molecule has 0 aromatic heterocycles. The monoisotopic (exact) mass is 348 g/mol. The summed E-state index contributed by atoms with van der Waals surface area (Å²) in [6, 6.07) is 10.9. The molecule has 1 aromatic rings. The first kappa shape index (κ1) is 19.1. The molecule has 1 saturated heterocycles. The molecule has 2 atom stereocenters. The van der Waals surface area contributed by atoms with Crippen LogP contribution < -0.4 is 16.0 Å². The third-order valence-electron chi connectivity index (χ3n) is 4.35. The van der Waals surface area contributed by atoms with E-state index in [1.54, 1.807) is 0 Å². The summed E-state index contributed by atoms with van der Waals surface area (Å²) < 4.78 is 0. The van der Waals surface area contributed by atoms with Gasteiger partial charge in [-0.3, -0.25) is 4.99 Å². The van der Waals surface area contributed by atoms with Crippen LogP contribution in [0.15, 0.2) is 35.3 Å². The number of guanidine groups is 1. The highest BCUT2D eigenvalue weighted by molar-refractivity contribution is 8.00. The second kappa shape index (κ2) is 9.33. The zero-order chi connectivity index (χ0) is 17.4. The molecule has 1 aromatic carbocycles. The number of thioether (sulfide) groups is 1. The largest absolute Gasteiger partial charge is 0.355 e. The molecule has 0 aliphatic carbocycles. The lowest BCUT2D eigenvalue weighted by molar-refractivity contribution is 0.345. The summed E-state index contributed by atoms with van der Waals surface area (Å²) in [7, 11) is 1.84. The van der Waals surface area contributed by atoms with Crippen molar-refractivity contribution in [3.05, 3.63) is 35.9 Å². The normalized spacial score (nSPS) is 20.0. The van der Waals surface area contributed by atoms with Gasteiger partial charge < -0.3 is 16.0 Å². The summed E-state index contributed by atoms with van der Waals surface area (Å²) in [6.45, 7) is 8.47. The number of hydrogen-bond donors (Lipinski definition) is 3. The Bertz CT molecular complexity index is 509. The Labute approximate surface area is 151 Å². The van der Waals surface area contributed by atoms with Gasteiger partial charge in [-0.25, -0.2) is 0 Å². The summed E-state index contributed by atoms with van der Waals surface area (Å²) in [6.07, 6.45) is 2.66. The van der Waals surface area contributed by atoms with Gasteiger partial charge in [0.25, 0.3) is 0 Å². The lowest BCUT2D eigenvalue weighted by atomic mass is 10.0. The molecule has 3 N–H and O–H groups in total. The van der Waals surface area contributed by atoms with Crippen LogP contribution in [0.3, 0.4) is 0 Å². The van der Waals surface area contributed by atoms with Crippen molar-refractivity contribution in [3.63, 3.8) is 0 Å². The van der Waals surface area contributed by atoms with Gasteiger partial charge in [0.05, 0.1) is 0 Å². The molecule has 5 heteroatoms. The summed E-state index contributed by atoms with van der Waals surface area (Å²) in [5.74, 6) is 2.19. The Kier molecular flexibility index (Phi) is 7.43. The smallest absolute Gasteiger partial charge is 0.191 e. The lowest BCUT2D eigenvalue weighted by Gasteiger charge is -2.31. The fourth-order valence-corrected chi connectivity index (χ4v) is 4.20. The van der Waals surface area contributed by atoms with Crippen LogP contribution in [0.2, 0.25) is 0 Å². The quantitative estimate of drug-likeness (QED) is 0.523. The van der Waals surface area contributed by atoms with Gasteiger partial charge in [0.1, 0.15) is 0 Å². The predicted octanol–water partition coefficient (Wildman–Crippen LogP) is 3.18. The molecular formula is C19H32N4S. The Balaban J connectivity index is 1.77. The zero-order valence-corrected chi connectivity index (χ0v) is 16.2. The summed E-state index contributed by atoms with van der Waals surface area (Å²) in [5.41, 5.74) is 1.28. The first-order valence-electron chi connectivity index (χ1n) is 8.89. The molecular weight excluding hydrogens is 316 g/mol. The van der Waals surface area contributed by atoms with Crippen LogP contribution in [-0.2, 0) is 0 Å². The molecule has 1 aliphatic rings. The topological polar surface area (TPSA) is 48.5 Å². The Hall–Kier alpha value is -1.20. The van der Waals surface area contributed by atoms with Gasteiger partial charge in [0.15, 0.2) is 5.96 Å². The molecule has 0 saturated carbocycles. The summed E-state index contributed by atoms with van der Waals surface area (Å²) in [5, 5.41) is 11.3. The van der Waals surface area contributed by atoms with Gasteiger partial charge >= 0.3 is 0 Å². The van der Waals surface area contributed by atoms with Crippen LogP contribution in [0.25, 0.3) is 0 Å². The average Bonchev–Trinajstić information content (AvgIpc) is 3.09. The fraction of sp³-hybridized carbons (Fsp3) is 0.632. The van der Waals surface area contributed by atoms with Crippen molar-refractivity contribution in [1.82, 2.24) is 16.0 Å². The van der Waals surface area contributed by atoms with E-state index >= 15 is 0 Å². The molecule has 0 radical (unpaired) electrons. The molecule has 0 amide bonds. The fourth-order valence-electron chi connectivity index (χ4n) is 3.00. The van der Waals surface area contributed by atoms with Gasteiger partial charge in [-0.1, -0.05) is 30.3 Å². The van der Waals surface area contributed by atoms with Crippen LogP contribution in [0.5, 0.6) is 0 Å². The minimum Gasteiger partial charge on any atom is -0.355 e. The standard InChI is InChI=1S/C19H32N4S/c1-15(16-9-6-5-7-10-16)23-19(2,3)14-22-18(20-4)21-13-17-11-8-12-24-17/h5-7,9-10,15,17,23H,8,11-14H2,1-4H3,(H2,20,21,22). The second-order valence-electron chi connectivity index (χ2n) is 7.10. The van der Waals surface area contributed by atoms with E-state index in [4.69, 9.17) is 0 Å². The molecule has 24 heavy (non-hydrogen) atoms. The minimum atomic E-state index is -0.0328. The van der Waals surface area contributed by atoms with Crippen LogP contribution in [0.1, 0.15) is 45.2 Å². The molecule has 2 rings (SSSR count). The number of benzene rings is 1. The van der Waals surface area contributed by atoms with Crippen LogP contribution in [-0.4, -0.2) is 42.6 Å². The highest BCUT2D eigenvalue weighted by Crippen LogP contribution is 2.25. The lowest BCUT2D eigenvalue weighted by Crippen LogP contribution is -2.52. The van der Waals surface area contributed by atoms with E-state index in [9.17, 15) is 0 Å². The van der Waals surface area contributed by atoms with Gasteiger partial charge in [-0.2, -0.15) is 11.8 Å². The molecule has 4 nitrogen and oxygen atoms in total. The highest BCUT2D eigenvalue weighted by Gasteiger charge is 2.21. The van der Waals surface area contributed by atoms with Crippen molar-refractivity contribution in [2.45, 2.75) is 50.4 Å². The number of rotatable bonds is 7. The highest BCUT2D eigenvalue weighted by atomic mass is 32.2. The minimum absolute atomic E-state index is 0.0328. The third-order valence-corrected chi connectivity index (χ3v) is 5.75. The van der Waals surface area contributed by atoms with E-state index in [0.717, 1.165) is 24.3 Å². The van der Waals surface area contributed by atoms with E-state index in [1.165, 1.54) is 24.2 Å². The maximum absolute atomic E-state index is 4.35. The Morgan fingerprint density at radius 1 is 1.29 bits per heavy atom. The number of nitrogens with one attached hydrogen (secondary N) is 3. The SMILES string of the molecule is CN=C(NCC1CCCS1)NCC(C)(C)NC(C)c1ccccc1. The van der Waals surface area contributed by atoms with E-state index in [-0.39, 0.29) is 5.54 Å². The molecule has 134 valence electrons. The summed E-state index contributed by atoms with van der Waals surface area (Å²) >= 11 is 2.07. The van der Waals surface area contributed by atoms with Crippen molar-refractivity contribution >= 4 is 17.7 Å². The van der Waals surface area contributed by atoms with Gasteiger partial charge in [0.2, 0.25) is 0 Å². The first-order chi connectivity index (χ1) is 11.5.